The van der Waals surface area contributed by atoms with Crippen LogP contribution in [0.5, 0.6) is 0 Å². The molecule has 29 heavy (non-hydrogen) atoms. The third-order valence-electron chi connectivity index (χ3n) is 4.76. The number of carbonyl (C=O) groups is 1. The van der Waals surface area contributed by atoms with Crippen LogP contribution >= 0.6 is 24.8 Å². The third-order valence-corrected chi connectivity index (χ3v) is 4.76. The Labute approximate surface area is 182 Å². The number of benzene rings is 2. The van der Waals surface area contributed by atoms with Gasteiger partial charge in [0, 0.05) is 30.5 Å². The van der Waals surface area contributed by atoms with Crippen molar-refractivity contribution >= 4 is 41.6 Å². The lowest BCUT2D eigenvalue weighted by Crippen LogP contribution is -2.38. The molecule has 2 aromatic carbocycles. The summed E-state index contributed by atoms with van der Waals surface area (Å²) in [6, 6.07) is 14.1. The first-order valence-electron chi connectivity index (χ1n) is 9.09. The van der Waals surface area contributed by atoms with E-state index in [4.69, 9.17) is 11.5 Å². The average molecular weight is 441 g/mol. The number of nitrogens with one attached hydrogen (secondary N) is 1. The van der Waals surface area contributed by atoms with Crippen molar-refractivity contribution < 1.29 is 9.18 Å². The Balaban J connectivity index is 0.00000210. The second kappa shape index (κ2) is 11.2. The summed E-state index contributed by atoms with van der Waals surface area (Å²) in [5.74, 6) is -0.414. The van der Waals surface area contributed by atoms with Crippen molar-refractivity contribution in [1.82, 2.24) is 9.88 Å². The van der Waals surface area contributed by atoms with Gasteiger partial charge in [0.25, 0.3) is 5.91 Å². The fourth-order valence-corrected chi connectivity index (χ4v) is 3.17. The lowest BCUT2D eigenvalue weighted by atomic mass is 10.0. The van der Waals surface area contributed by atoms with Gasteiger partial charge in [0.05, 0.1) is 0 Å². The summed E-state index contributed by atoms with van der Waals surface area (Å²) in [6.45, 7) is 1.02. The van der Waals surface area contributed by atoms with Crippen molar-refractivity contribution in [3.05, 3.63) is 60.0 Å². The van der Waals surface area contributed by atoms with Gasteiger partial charge in [-0.05, 0) is 54.8 Å². The third kappa shape index (κ3) is 5.93. The van der Waals surface area contributed by atoms with Crippen molar-refractivity contribution in [1.29, 1.82) is 0 Å². The molecule has 1 heterocycles. The maximum absolute atomic E-state index is 13.1. The number of fused-ring (bicyclic) bond motifs is 1. The first-order chi connectivity index (χ1) is 13.0. The van der Waals surface area contributed by atoms with E-state index < -0.39 is 0 Å². The van der Waals surface area contributed by atoms with E-state index in [0.717, 1.165) is 34.9 Å². The molecule has 1 aromatic heterocycles. The summed E-state index contributed by atoms with van der Waals surface area (Å²) >= 11 is 0. The average Bonchev–Trinajstić information content (AvgIpc) is 3.01. The summed E-state index contributed by atoms with van der Waals surface area (Å²) in [6.07, 6.45) is 1.63. The number of amides is 1. The van der Waals surface area contributed by atoms with Gasteiger partial charge < -0.3 is 21.4 Å². The second-order valence-corrected chi connectivity index (χ2v) is 6.77. The highest BCUT2D eigenvalue weighted by Crippen LogP contribution is 2.26. The first kappa shape index (κ1) is 24.9. The molecule has 3 rings (SSSR count). The minimum atomic E-state index is -0.262. The number of carbonyl (C=O) groups excluding carboxylic acids is 1. The molecule has 0 spiro atoms. The van der Waals surface area contributed by atoms with E-state index >= 15 is 0 Å². The molecule has 8 heteroatoms. The summed E-state index contributed by atoms with van der Waals surface area (Å²) in [5, 5.41) is 3.87. The Morgan fingerprint density at radius 2 is 1.76 bits per heavy atom. The molecule has 0 radical (unpaired) electrons. The monoisotopic (exact) mass is 440 g/mol. The SMILES string of the molecule is Cl.Cl.Cn1c(C(=O)NCC(N)CCCN)cc2ccc(-c3ccc(F)cc3)cc21. The predicted octanol–water partition coefficient (Wildman–Crippen LogP) is 3.62. The van der Waals surface area contributed by atoms with Gasteiger partial charge >= 0.3 is 0 Å². The fourth-order valence-electron chi connectivity index (χ4n) is 3.17. The molecule has 5 nitrogen and oxygen atoms in total. The van der Waals surface area contributed by atoms with Gasteiger partial charge in [-0.15, -0.1) is 24.8 Å². The summed E-state index contributed by atoms with van der Waals surface area (Å²) in [4.78, 5) is 12.6. The normalized spacial score (nSPS) is 11.4. The zero-order valence-corrected chi connectivity index (χ0v) is 17.9. The first-order valence-corrected chi connectivity index (χ1v) is 9.09. The van der Waals surface area contributed by atoms with Crippen LogP contribution in [0, 0.1) is 5.82 Å². The van der Waals surface area contributed by atoms with Gasteiger partial charge in [0.2, 0.25) is 0 Å². The zero-order chi connectivity index (χ0) is 19.4. The molecular formula is C21H27Cl2FN4O. The number of hydrogen-bond acceptors (Lipinski definition) is 3. The number of aryl methyl sites for hydroxylation is 1. The van der Waals surface area contributed by atoms with Crippen molar-refractivity contribution in [2.24, 2.45) is 18.5 Å². The van der Waals surface area contributed by atoms with E-state index in [-0.39, 0.29) is 42.6 Å². The molecule has 1 amide bonds. The second-order valence-electron chi connectivity index (χ2n) is 6.77. The van der Waals surface area contributed by atoms with Crippen LogP contribution in [0.3, 0.4) is 0 Å². The Morgan fingerprint density at radius 3 is 2.41 bits per heavy atom. The predicted molar refractivity (Wildman–Crippen MR) is 121 cm³/mol. The molecular weight excluding hydrogens is 414 g/mol. The number of halogens is 3. The Morgan fingerprint density at radius 1 is 1.10 bits per heavy atom. The van der Waals surface area contributed by atoms with Crippen LogP contribution in [0.4, 0.5) is 4.39 Å². The van der Waals surface area contributed by atoms with Gasteiger partial charge in [0.15, 0.2) is 0 Å². The van der Waals surface area contributed by atoms with Crippen LogP contribution in [0.25, 0.3) is 22.0 Å². The largest absolute Gasteiger partial charge is 0.349 e. The minimum Gasteiger partial charge on any atom is -0.349 e. The molecule has 0 fully saturated rings. The molecule has 0 saturated heterocycles. The molecule has 0 aliphatic rings. The lowest BCUT2D eigenvalue weighted by Gasteiger charge is -2.12. The number of rotatable bonds is 7. The number of nitrogens with two attached hydrogens (primary N) is 2. The molecule has 158 valence electrons. The Bertz CT molecular complexity index is 944. The molecule has 0 saturated carbocycles. The topological polar surface area (TPSA) is 86.1 Å². The molecule has 0 aliphatic carbocycles. The fraction of sp³-hybridized carbons (Fsp3) is 0.286. The quantitative estimate of drug-likeness (QED) is 0.524. The van der Waals surface area contributed by atoms with Gasteiger partial charge in [0.1, 0.15) is 11.5 Å². The smallest absolute Gasteiger partial charge is 0.267 e. The maximum Gasteiger partial charge on any atom is 0.267 e. The van der Waals surface area contributed by atoms with Crippen molar-refractivity contribution in [2.45, 2.75) is 18.9 Å². The molecule has 0 aliphatic heterocycles. The van der Waals surface area contributed by atoms with E-state index in [2.05, 4.69) is 5.32 Å². The maximum atomic E-state index is 13.1. The molecule has 1 unspecified atom stereocenters. The van der Waals surface area contributed by atoms with Crippen LogP contribution in [0.1, 0.15) is 23.3 Å². The van der Waals surface area contributed by atoms with Crippen LogP contribution in [-0.4, -0.2) is 29.6 Å². The van der Waals surface area contributed by atoms with E-state index in [1.54, 1.807) is 12.1 Å². The van der Waals surface area contributed by atoms with Gasteiger partial charge in [-0.1, -0.05) is 24.3 Å². The number of hydrogen-bond donors (Lipinski definition) is 3. The van der Waals surface area contributed by atoms with Crippen molar-refractivity contribution in [2.75, 3.05) is 13.1 Å². The molecule has 5 N–H and O–H groups in total. The van der Waals surface area contributed by atoms with E-state index in [9.17, 15) is 9.18 Å². The molecule has 1 atom stereocenters. The van der Waals surface area contributed by atoms with Crippen LogP contribution in [-0.2, 0) is 7.05 Å². The highest BCUT2D eigenvalue weighted by molar-refractivity contribution is 5.99. The van der Waals surface area contributed by atoms with E-state index in [1.807, 2.05) is 35.9 Å². The molecule has 3 aromatic rings. The summed E-state index contributed by atoms with van der Waals surface area (Å²) in [5.41, 5.74) is 14.9. The van der Waals surface area contributed by atoms with Crippen molar-refractivity contribution in [3.8, 4) is 11.1 Å². The van der Waals surface area contributed by atoms with Crippen LogP contribution < -0.4 is 16.8 Å². The highest BCUT2D eigenvalue weighted by Gasteiger charge is 2.15. The number of nitrogens with zero attached hydrogens (tertiary/aromatic N) is 1. The zero-order valence-electron chi connectivity index (χ0n) is 16.2. The van der Waals surface area contributed by atoms with Crippen LogP contribution in [0.15, 0.2) is 48.5 Å². The van der Waals surface area contributed by atoms with Gasteiger partial charge in [-0.3, -0.25) is 4.79 Å². The van der Waals surface area contributed by atoms with Gasteiger partial charge in [-0.25, -0.2) is 4.39 Å². The Kier molecular flexibility index (Phi) is 9.59. The highest BCUT2D eigenvalue weighted by atomic mass is 35.5. The summed E-state index contributed by atoms with van der Waals surface area (Å²) in [7, 11) is 1.86. The van der Waals surface area contributed by atoms with E-state index in [0.29, 0.717) is 18.8 Å². The van der Waals surface area contributed by atoms with Crippen LogP contribution in [0.2, 0.25) is 0 Å². The standard InChI is InChI=1S/C21H25FN4O.2ClH/c1-26-19-11-15(14-6-8-17(22)9-7-14)4-5-16(19)12-20(26)21(27)25-13-18(24)3-2-10-23;;/h4-9,11-12,18H,2-3,10,13,23-24H2,1H3,(H,25,27);2*1H. The Hall–Kier alpha value is -2.12. The van der Waals surface area contributed by atoms with Crippen molar-refractivity contribution in [3.63, 3.8) is 0 Å². The van der Waals surface area contributed by atoms with E-state index in [1.165, 1.54) is 12.1 Å². The summed E-state index contributed by atoms with van der Waals surface area (Å²) < 4.78 is 15.0. The lowest BCUT2D eigenvalue weighted by molar-refractivity contribution is 0.0943. The molecule has 0 bridgehead atoms. The minimum absolute atomic E-state index is 0. The van der Waals surface area contributed by atoms with Gasteiger partial charge in [-0.2, -0.15) is 0 Å². The number of aromatic nitrogens is 1.